The Bertz CT molecular complexity index is 862. The van der Waals surface area contributed by atoms with Crippen LogP contribution in [-0.4, -0.2) is 16.4 Å². The second kappa shape index (κ2) is 6.75. The maximum atomic E-state index is 12.7. The van der Waals surface area contributed by atoms with Crippen LogP contribution in [0, 0.1) is 31.6 Å². The predicted octanol–water partition coefficient (Wildman–Crippen LogP) is 4.98. The Balaban J connectivity index is 1.19. The summed E-state index contributed by atoms with van der Waals surface area (Å²) in [6.45, 7) is 4.21. The van der Waals surface area contributed by atoms with Gasteiger partial charge in [0.1, 0.15) is 0 Å². The summed E-state index contributed by atoms with van der Waals surface area (Å²) in [4.78, 5) is 17.1. The van der Waals surface area contributed by atoms with Gasteiger partial charge in [0.25, 0.3) is 0 Å². The number of carbonyl (C=O) groups excluding carboxylic acids is 1. The molecule has 0 spiro atoms. The second-order valence-electron chi connectivity index (χ2n) is 9.66. The zero-order chi connectivity index (χ0) is 19.3. The molecule has 148 valence electrons. The topological polar surface area (TPSA) is 55.1 Å². The minimum Gasteiger partial charge on any atom is -0.441 e. The van der Waals surface area contributed by atoms with Gasteiger partial charge in [-0.1, -0.05) is 12.1 Å². The lowest BCUT2D eigenvalue weighted by Gasteiger charge is -2.56. The van der Waals surface area contributed by atoms with E-state index in [1.165, 1.54) is 49.7 Å². The van der Waals surface area contributed by atoms with Crippen molar-refractivity contribution in [3.63, 3.8) is 0 Å². The Hall–Kier alpha value is -2.10. The molecule has 0 radical (unpaired) electrons. The van der Waals surface area contributed by atoms with Gasteiger partial charge in [0.2, 0.25) is 5.91 Å². The molecule has 1 amide bonds. The number of nitrogens with one attached hydrogen (secondary N) is 1. The Kier molecular flexibility index (Phi) is 4.33. The van der Waals surface area contributed by atoms with Crippen molar-refractivity contribution in [3.8, 4) is 11.3 Å². The minimum absolute atomic E-state index is 0.0903. The van der Waals surface area contributed by atoms with E-state index in [4.69, 9.17) is 4.42 Å². The molecule has 1 aromatic heterocycles. The van der Waals surface area contributed by atoms with Crippen LogP contribution in [0.4, 0.5) is 0 Å². The van der Waals surface area contributed by atoms with Crippen molar-refractivity contribution in [2.45, 2.75) is 70.8 Å². The highest BCUT2D eigenvalue weighted by molar-refractivity contribution is 5.77. The molecule has 4 saturated carbocycles. The molecule has 0 unspecified atom stereocenters. The second-order valence-corrected chi connectivity index (χ2v) is 9.66. The van der Waals surface area contributed by atoms with Crippen molar-refractivity contribution in [3.05, 3.63) is 41.4 Å². The lowest BCUT2D eigenvalue weighted by atomic mass is 9.53. The summed E-state index contributed by atoms with van der Waals surface area (Å²) >= 11 is 0. The van der Waals surface area contributed by atoms with E-state index >= 15 is 0 Å². The van der Waals surface area contributed by atoms with Crippen molar-refractivity contribution in [2.75, 3.05) is 0 Å². The maximum Gasteiger partial charge on any atom is 0.220 e. The van der Waals surface area contributed by atoms with Crippen molar-refractivity contribution in [1.82, 2.24) is 10.3 Å². The van der Waals surface area contributed by atoms with Gasteiger partial charge in [0.15, 0.2) is 11.7 Å². The first-order valence-corrected chi connectivity index (χ1v) is 10.8. The molecule has 1 N–H and O–H groups in total. The van der Waals surface area contributed by atoms with Gasteiger partial charge >= 0.3 is 0 Å². The standard InChI is InChI=1S/C24H30N2O2/c1-15-3-4-20(7-16(15)2)21-14-25-23(28-21)6-5-22(27)26-24-11-17-8-18(12-24)10-19(9-17)13-24/h3-4,7,14,17-19H,5-6,8-13H2,1-2H3,(H,26,27). The monoisotopic (exact) mass is 378 g/mol. The predicted molar refractivity (Wildman–Crippen MR) is 109 cm³/mol. The average molecular weight is 379 g/mol. The van der Waals surface area contributed by atoms with E-state index in [0.29, 0.717) is 18.7 Å². The molecular formula is C24H30N2O2. The van der Waals surface area contributed by atoms with Crippen molar-refractivity contribution >= 4 is 5.91 Å². The molecule has 2 aromatic rings. The Morgan fingerprint density at radius 3 is 2.43 bits per heavy atom. The summed E-state index contributed by atoms with van der Waals surface area (Å²) in [6.07, 6.45) is 10.6. The van der Waals surface area contributed by atoms with Crippen LogP contribution < -0.4 is 5.32 Å². The molecule has 0 atom stereocenters. The first-order valence-electron chi connectivity index (χ1n) is 10.8. The fraction of sp³-hybridized carbons (Fsp3) is 0.583. The van der Waals surface area contributed by atoms with Crippen LogP contribution in [0.1, 0.15) is 62.0 Å². The molecule has 4 aliphatic rings. The van der Waals surface area contributed by atoms with E-state index in [-0.39, 0.29) is 11.4 Å². The molecule has 6 rings (SSSR count). The Labute approximate surface area is 167 Å². The number of hydrogen-bond acceptors (Lipinski definition) is 3. The third kappa shape index (κ3) is 3.38. The molecule has 28 heavy (non-hydrogen) atoms. The third-order valence-corrected chi connectivity index (χ3v) is 7.35. The molecule has 4 heteroatoms. The van der Waals surface area contributed by atoms with Gasteiger partial charge < -0.3 is 9.73 Å². The van der Waals surface area contributed by atoms with E-state index < -0.39 is 0 Å². The van der Waals surface area contributed by atoms with E-state index in [2.05, 4.69) is 42.3 Å². The number of nitrogens with zero attached hydrogens (tertiary/aromatic N) is 1. The molecular weight excluding hydrogens is 348 g/mol. The summed E-state index contributed by atoms with van der Waals surface area (Å²) in [5.41, 5.74) is 3.64. The van der Waals surface area contributed by atoms with E-state index in [9.17, 15) is 4.79 Å². The van der Waals surface area contributed by atoms with Crippen molar-refractivity contribution in [2.24, 2.45) is 17.8 Å². The van der Waals surface area contributed by atoms with Crippen LogP contribution >= 0.6 is 0 Å². The number of amides is 1. The smallest absolute Gasteiger partial charge is 0.220 e. The number of hydrogen-bond donors (Lipinski definition) is 1. The highest BCUT2D eigenvalue weighted by Gasteiger charge is 2.51. The van der Waals surface area contributed by atoms with E-state index in [1.54, 1.807) is 6.20 Å². The van der Waals surface area contributed by atoms with Gasteiger partial charge in [-0.05, 0) is 87.3 Å². The van der Waals surface area contributed by atoms with Crippen molar-refractivity contribution in [1.29, 1.82) is 0 Å². The van der Waals surface area contributed by atoms with E-state index in [0.717, 1.165) is 29.1 Å². The number of rotatable bonds is 5. The third-order valence-electron chi connectivity index (χ3n) is 7.35. The molecule has 4 aliphatic carbocycles. The summed E-state index contributed by atoms with van der Waals surface area (Å²) in [7, 11) is 0. The zero-order valence-corrected chi connectivity index (χ0v) is 17.0. The molecule has 0 saturated heterocycles. The Morgan fingerprint density at radius 2 is 1.79 bits per heavy atom. The van der Waals surface area contributed by atoms with Crippen LogP contribution in [0.3, 0.4) is 0 Å². The Morgan fingerprint density at radius 1 is 1.11 bits per heavy atom. The number of benzene rings is 1. The molecule has 0 aliphatic heterocycles. The van der Waals surface area contributed by atoms with Gasteiger partial charge in [0.05, 0.1) is 6.20 Å². The number of oxazole rings is 1. The number of aryl methyl sites for hydroxylation is 3. The van der Waals surface area contributed by atoms with Gasteiger partial charge in [0, 0.05) is 23.9 Å². The summed E-state index contributed by atoms with van der Waals surface area (Å²) < 4.78 is 5.92. The molecule has 4 fully saturated rings. The van der Waals surface area contributed by atoms with Gasteiger partial charge in [-0.25, -0.2) is 4.98 Å². The lowest BCUT2D eigenvalue weighted by molar-refractivity contribution is -0.126. The summed E-state index contributed by atoms with van der Waals surface area (Å²) in [5, 5.41) is 3.44. The molecule has 1 aromatic carbocycles. The lowest BCUT2D eigenvalue weighted by Crippen LogP contribution is -2.59. The first-order chi connectivity index (χ1) is 13.5. The quantitative estimate of drug-likeness (QED) is 0.799. The SMILES string of the molecule is Cc1ccc(-c2cnc(CCC(=O)NC34CC5CC(CC(C5)C3)C4)o2)cc1C. The first kappa shape index (κ1) is 18.0. The normalized spacial score (nSPS) is 30.6. The number of aromatic nitrogens is 1. The minimum atomic E-state index is 0.0903. The fourth-order valence-corrected chi connectivity index (χ4v) is 6.30. The van der Waals surface area contributed by atoms with Crippen LogP contribution in [0.25, 0.3) is 11.3 Å². The maximum absolute atomic E-state index is 12.7. The number of carbonyl (C=O) groups is 1. The average Bonchev–Trinajstić information content (AvgIpc) is 3.10. The highest BCUT2D eigenvalue weighted by Crippen LogP contribution is 2.55. The molecule has 4 nitrogen and oxygen atoms in total. The fourth-order valence-electron chi connectivity index (χ4n) is 6.30. The molecule has 4 bridgehead atoms. The largest absolute Gasteiger partial charge is 0.441 e. The highest BCUT2D eigenvalue weighted by atomic mass is 16.4. The summed E-state index contributed by atoms with van der Waals surface area (Å²) in [5.74, 6) is 4.12. The van der Waals surface area contributed by atoms with E-state index in [1.807, 2.05) is 0 Å². The van der Waals surface area contributed by atoms with Crippen molar-refractivity contribution < 1.29 is 9.21 Å². The molecule has 1 heterocycles. The van der Waals surface area contributed by atoms with Crippen LogP contribution in [0.5, 0.6) is 0 Å². The van der Waals surface area contributed by atoms with Gasteiger partial charge in [-0.15, -0.1) is 0 Å². The van der Waals surface area contributed by atoms with Gasteiger partial charge in [-0.2, -0.15) is 0 Å². The summed E-state index contributed by atoms with van der Waals surface area (Å²) in [6, 6.07) is 6.29. The zero-order valence-electron chi connectivity index (χ0n) is 17.0. The van der Waals surface area contributed by atoms with Crippen LogP contribution in [0.2, 0.25) is 0 Å². The van der Waals surface area contributed by atoms with Gasteiger partial charge in [-0.3, -0.25) is 4.79 Å². The van der Waals surface area contributed by atoms with Crippen LogP contribution in [-0.2, 0) is 11.2 Å². The van der Waals surface area contributed by atoms with Crippen LogP contribution in [0.15, 0.2) is 28.8 Å².